The molecule has 0 fully saturated rings. The number of hydrogen-bond donors (Lipinski definition) is 1. The van der Waals surface area contributed by atoms with E-state index in [1.54, 1.807) is 36.4 Å². The van der Waals surface area contributed by atoms with E-state index in [9.17, 15) is 18.4 Å². The van der Waals surface area contributed by atoms with Crippen molar-refractivity contribution in [3.05, 3.63) is 94.7 Å². The number of ether oxygens (including phenoxy) is 1. The topological polar surface area (TPSA) is 58.6 Å². The lowest BCUT2D eigenvalue weighted by Gasteiger charge is -2.17. The van der Waals surface area contributed by atoms with E-state index in [1.807, 2.05) is 19.9 Å². The number of amides is 2. The maximum Gasteiger partial charge on any atom is 0.282 e. The molecule has 7 heteroatoms. The Labute approximate surface area is 183 Å². The molecule has 0 unspecified atom stereocenters. The van der Waals surface area contributed by atoms with Crippen molar-refractivity contribution in [3.63, 3.8) is 0 Å². The molecular weight excluding hydrogens is 414 g/mol. The molecule has 0 aromatic heterocycles. The summed E-state index contributed by atoms with van der Waals surface area (Å²) in [4.78, 5) is 27.4. The van der Waals surface area contributed by atoms with E-state index >= 15 is 0 Å². The number of imide groups is 1. The Morgan fingerprint density at radius 1 is 0.844 bits per heavy atom. The largest absolute Gasteiger partial charge is 0.495 e. The molecule has 3 aromatic carbocycles. The van der Waals surface area contributed by atoms with Crippen molar-refractivity contribution < 1.29 is 23.1 Å². The number of methoxy groups -OCH3 is 1. The summed E-state index contributed by atoms with van der Waals surface area (Å²) in [6, 6.07) is 15.0. The van der Waals surface area contributed by atoms with Gasteiger partial charge in [0.25, 0.3) is 11.8 Å². The number of hydrogen-bond acceptors (Lipinski definition) is 4. The van der Waals surface area contributed by atoms with Crippen molar-refractivity contribution in [3.8, 4) is 5.75 Å². The van der Waals surface area contributed by atoms with Crippen molar-refractivity contribution in [1.82, 2.24) is 0 Å². The summed E-state index contributed by atoms with van der Waals surface area (Å²) < 4.78 is 33.7. The molecule has 1 N–H and O–H groups in total. The van der Waals surface area contributed by atoms with Gasteiger partial charge in [0.05, 0.1) is 24.1 Å². The van der Waals surface area contributed by atoms with Crippen LogP contribution >= 0.6 is 0 Å². The minimum atomic E-state index is -0.884. The van der Waals surface area contributed by atoms with E-state index in [0.29, 0.717) is 21.9 Å². The van der Waals surface area contributed by atoms with E-state index in [4.69, 9.17) is 4.74 Å². The third-order valence-electron chi connectivity index (χ3n) is 5.19. The zero-order valence-electron chi connectivity index (χ0n) is 17.7. The number of carbonyl (C=O) groups is 2. The molecule has 0 aliphatic carbocycles. The molecule has 0 atom stereocenters. The molecule has 162 valence electrons. The second-order valence-electron chi connectivity index (χ2n) is 7.49. The number of aryl methyl sites for hydroxylation is 2. The minimum absolute atomic E-state index is 0.0496. The van der Waals surface area contributed by atoms with Crippen LogP contribution in [0.4, 0.5) is 20.2 Å². The first-order valence-electron chi connectivity index (χ1n) is 9.87. The van der Waals surface area contributed by atoms with Crippen LogP contribution in [0, 0.1) is 25.5 Å². The standard InChI is InChI=1S/C25H20F2N2O3/c1-14-4-7-16(8-5-14)22-23(28-19-12-15(2)6-11-21(19)32-3)25(31)29(24(22)30)20-13-17(26)9-10-18(20)27/h4-13,28H,1-3H3. The van der Waals surface area contributed by atoms with Gasteiger partial charge in [-0.25, -0.2) is 13.7 Å². The van der Waals surface area contributed by atoms with E-state index in [-0.39, 0.29) is 11.3 Å². The van der Waals surface area contributed by atoms with Crippen LogP contribution < -0.4 is 15.0 Å². The van der Waals surface area contributed by atoms with Gasteiger partial charge in [0.2, 0.25) is 0 Å². The Morgan fingerprint density at radius 3 is 2.22 bits per heavy atom. The molecule has 0 saturated heterocycles. The number of carbonyl (C=O) groups excluding carboxylic acids is 2. The Morgan fingerprint density at radius 2 is 1.53 bits per heavy atom. The summed E-state index contributed by atoms with van der Waals surface area (Å²) in [6.45, 7) is 3.76. The zero-order valence-corrected chi connectivity index (χ0v) is 17.7. The number of nitrogens with zero attached hydrogens (tertiary/aromatic N) is 1. The molecule has 0 bridgehead atoms. The predicted molar refractivity (Wildman–Crippen MR) is 118 cm³/mol. The summed E-state index contributed by atoms with van der Waals surface area (Å²) in [5, 5.41) is 3.00. The van der Waals surface area contributed by atoms with Gasteiger partial charge in [-0.1, -0.05) is 35.9 Å². The van der Waals surface area contributed by atoms with E-state index in [2.05, 4.69) is 5.32 Å². The highest BCUT2D eigenvalue weighted by atomic mass is 19.1. The Kier molecular flexibility index (Phi) is 5.48. The molecule has 0 spiro atoms. The summed E-state index contributed by atoms with van der Waals surface area (Å²) in [7, 11) is 1.49. The molecule has 2 amide bonds. The van der Waals surface area contributed by atoms with Crippen molar-refractivity contribution in [2.45, 2.75) is 13.8 Å². The second-order valence-corrected chi connectivity index (χ2v) is 7.49. The van der Waals surface area contributed by atoms with Crippen LogP contribution in [0.25, 0.3) is 5.57 Å². The molecule has 0 radical (unpaired) electrons. The molecule has 3 aromatic rings. The van der Waals surface area contributed by atoms with Gasteiger partial charge in [-0.3, -0.25) is 9.59 Å². The van der Waals surface area contributed by atoms with Crippen LogP contribution in [0.1, 0.15) is 16.7 Å². The first-order valence-corrected chi connectivity index (χ1v) is 9.87. The van der Waals surface area contributed by atoms with Gasteiger partial charge in [-0.2, -0.15) is 0 Å². The summed E-state index contributed by atoms with van der Waals surface area (Å²) >= 11 is 0. The van der Waals surface area contributed by atoms with Crippen LogP contribution in [-0.4, -0.2) is 18.9 Å². The van der Waals surface area contributed by atoms with Gasteiger partial charge in [0, 0.05) is 6.07 Å². The quantitative estimate of drug-likeness (QED) is 0.575. The second kappa shape index (κ2) is 8.26. The zero-order chi connectivity index (χ0) is 23.0. The molecule has 0 saturated carbocycles. The van der Waals surface area contributed by atoms with Gasteiger partial charge < -0.3 is 10.1 Å². The monoisotopic (exact) mass is 434 g/mol. The summed E-state index contributed by atoms with van der Waals surface area (Å²) in [5.74, 6) is -2.73. The van der Waals surface area contributed by atoms with E-state index in [0.717, 1.165) is 29.3 Å². The van der Waals surface area contributed by atoms with E-state index < -0.39 is 29.1 Å². The Hall–Kier alpha value is -4.00. The molecule has 5 nitrogen and oxygen atoms in total. The highest BCUT2D eigenvalue weighted by Crippen LogP contribution is 2.37. The number of nitrogens with one attached hydrogen (secondary N) is 1. The summed E-state index contributed by atoms with van der Waals surface area (Å²) in [5.41, 5.74) is 2.37. The molecule has 1 heterocycles. The minimum Gasteiger partial charge on any atom is -0.495 e. The fraction of sp³-hybridized carbons (Fsp3) is 0.120. The van der Waals surface area contributed by atoms with Crippen molar-refractivity contribution >= 4 is 28.8 Å². The Bertz CT molecular complexity index is 1270. The average molecular weight is 434 g/mol. The number of anilines is 2. The predicted octanol–water partition coefficient (Wildman–Crippen LogP) is 4.99. The normalized spacial score (nSPS) is 13.7. The maximum absolute atomic E-state index is 14.5. The van der Waals surface area contributed by atoms with Crippen LogP contribution in [0.2, 0.25) is 0 Å². The number of rotatable bonds is 5. The lowest BCUT2D eigenvalue weighted by molar-refractivity contribution is -0.120. The van der Waals surface area contributed by atoms with Crippen molar-refractivity contribution in [2.75, 3.05) is 17.3 Å². The fourth-order valence-electron chi connectivity index (χ4n) is 3.56. The molecule has 32 heavy (non-hydrogen) atoms. The highest BCUT2D eigenvalue weighted by molar-refractivity contribution is 6.46. The third-order valence-corrected chi connectivity index (χ3v) is 5.19. The fourth-order valence-corrected chi connectivity index (χ4v) is 3.56. The van der Waals surface area contributed by atoms with Crippen molar-refractivity contribution in [2.24, 2.45) is 0 Å². The van der Waals surface area contributed by atoms with Gasteiger partial charge in [0.1, 0.15) is 23.1 Å². The van der Waals surface area contributed by atoms with Crippen molar-refractivity contribution in [1.29, 1.82) is 0 Å². The van der Waals surface area contributed by atoms with Gasteiger partial charge in [-0.05, 0) is 49.2 Å². The third kappa shape index (κ3) is 3.73. The molecule has 1 aliphatic heterocycles. The van der Waals surface area contributed by atoms with Crippen LogP contribution in [-0.2, 0) is 9.59 Å². The van der Waals surface area contributed by atoms with Gasteiger partial charge >= 0.3 is 0 Å². The molecular formula is C25H20F2N2O3. The van der Waals surface area contributed by atoms with Crippen LogP contribution in [0.15, 0.2) is 66.4 Å². The first-order chi connectivity index (χ1) is 15.3. The smallest absolute Gasteiger partial charge is 0.282 e. The SMILES string of the molecule is COc1ccc(C)cc1NC1=C(c2ccc(C)cc2)C(=O)N(c2cc(F)ccc2F)C1=O. The van der Waals surface area contributed by atoms with Crippen LogP contribution in [0.5, 0.6) is 5.75 Å². The average Bonchev–Trinajstić information content (AvgIpc) is 3.00. The molecule has 4 rings (SSSR count). The summed E-state index contributed by atoms with van der Waals surface area (Å²) in [6.07, 6.45) is 0. The van der Waals surface area contributed by atoms with Gasteiger partial charge in [0.15, 0.2) is 0 Å². The first kappa shape index (κ1) is 21.2. The Balaban J connectivity index is 1.88. The van der Waals surface area contributed by atoms with E-state index in [1.165, 1.54) is 7.11 Å². The van der Waals surface area contributed by atoms with Crippen LogP contribution in [0.3, 0.4) is 0 Å². The lowest BCUT2D eigenvalue weighted by atomic mass is 10.0. The highest BCUT2D eigenvalue weighted by Gasteiger charge is 2.41. The van der Waals surface area contributed by atoms with Gasteiger partial charge in [-0.15, -0.1) is 0 Å². The lowest BCUT2D eigenvalue weighted by Crippen LogP contribution is -2.33. The number of benzene rings is 3. The maximum atomic E-state index is 14.5. The molecule has 1 aliphatic rings. The number of halogens is 2.